The van der Waals surface area contributed by atoms with Crippen molar-refractivity contribution in [1.82, 2.24) is 0 Å². The molecular weight excluding hydrogens is 288 g/mol. The minimum Gasteiger partial charge on any atom is -0.459 e. The molecule has 0 amide bonds. The van der Waals surface area contributed by atoms with Gasteiger partial charge >= 0.3 is 5.97 Å². The van der Waals surface area contributed by atoms with Gasteiger partial charge in [0.05, 0.1) is 17.1 Å². The van der Waals surface area contributed by atoms with E-state index in [-0.39, 0.29) is 22.6 Å². The SMILES string of the molecule is CC(C)C12C=C(CCC3C4(C)CCCC3(C)C(=O)O4)C(CC1)O2. The second kappa shape index (κ2) is 4.84. The first kappa shape index (κ1) is 15.7. The summed E-state index contributed by atoms with van der Waals surface area (Å²) in [6.45, 7) is 8.81. The Morgan fingerprint density at radius 1 is 1.26 bits per heavy atom. The molecule has 5 atom stereocenters. The van der Waals surface area contributed by atoms with E-state index in [0.717, 1.165) is 32.1 Å². The van der Waals surface area contributed by atoms with Crippen LogP contribution in [0.1, 0.15) is 72.6 Å². The standard InChI is InChI=1S/C20H30O3/c1-13(2)20-11-8-15(22-20)14(12-20)6-7-16-18(3)9-5-10-19(16,4)23-17(18)21/h12-13,15-16H,5-11H2,1-4H3. The largest absolute Gasteiger partial charge is 0.459 e. The summed E-state index contributed by atoms with van der Waals surface area (Å²) >= 11 is 0. The number of esters is 1. The van der Waals surface area contributed by atoms with Crippen LogP contribution in [0.25, 0.3) is 0 Å². The molecule has 4 bridgehead atoms. The molecule has 0 aromatic carbocycles. The van der Waals surface area contributed by atoms with E-state index >= 15 is 0 Å². The Kier molecular flexibility index (Phi) is 3.30. The molecule has 1 aliphatic carbocycles. The van der Waals surface area contributed by atoms with Crippen LogP contribution in [0.4, 0.5) is 0 Å². The van der Waals surface area contributed by atoms with Crippen LogP contribution in [0.3, 0.4) is 0 Å². The van der Waals surface area contributed by atoms with Crippen molar-refractivity contribution < 1.29 is 14.3 Å². The zero-order valence-corrected chi connectivity index (χ0v) is 15.0. The first-order chi connectivity index (χ1) is 10.8. The van der Waals surface area contributed by atoms with Gasteiger partial charge in [0.15, 0.2) is 0 Å². The number of fused-ring (bicyclic) bond motifs is 4. The molecule has 5 unspecified atom stereocenters. The van der Waals surface area contributed by atoms with E-state index in [1.807, 2.05) is 0 Å². The zero-order valence-electron chi connectivity index (χ0n) is 15.0. The highest BCUT2D eigenvalue weighted by Gasteiger charge is 2.61. The third-order valence-electron chi connectivity index (χ3n) is 7.37. The van der Waals surface area contributed by atoms with Gasteiger partial charge in [-0.3, -0.25) is 4.79 Å². The fourth-order valence-corrected chi connectivity index (χ4v) is 5.80. The molecule has 3 nitrogen and oxygen atoms in total. The number of hydrogen-bond acceptors (Lipinski definition) is 3. The number of hydrogen-bond donors (Lipinski definition) is 0. The molecule has 4 aliphatic rings. The van der Waals surface area contributed by atoms with Crippen molar-refractivity contribution in [3.63, 3.8) is 0 Å². The molecule has 0 spiro atoms. The Hall–Kier alpha value is -0.830. The molecule has 1 saturated carbocycles. The van der Waals surface area contributed by atoms with Crippen LogP contribution in [0.5, 0.6) is 0 Å². The summed E-state index contributed by atoms with van der Waals surface area (Å²) in [7, 11) is 0. The minimum absolute atomic E-state index is 0.00826. The summed E-state index contributed by atoms with van der Waals surface area (Å²) < 4.78 is 12.2. The molecule has 0 aromatic rings. The Morgan fingerprint density at radius 3 is 2.70 bits per heavy atom. The Balaban J connectivity index is 1.51. The molecule has 4 rings (SSSR count). The lowest BCUT2D eigenvalue weighted by atomic mass is 9.61. The number of carbonyl (C=O) groups is 1. The van der Waals surface area contributed by atoms with Crippen LogP contribution in [-0.2, 0) is 14.3 Å². The lowest BCUT2D eigenvalue weighted by Crippen LogP contribution is -2.42. The topological polar surface area (TPSA) is 35.5 Å². The maximum absolute atomic E-state index is 12.4. The average molecular weight is 318 g/mol. The number of ether oxygens (including phenoxy) is 2. The molecule has 0 N–H and O–H groups in total. The van der Waals surface area contributed by atoms with Gasteiger partial charge in [0.2, 0.25) is 0 Å². The second-order valence-electron chi connectivity index (χ2n) is 9.04. The monoisotopic (exact) mass is 318 g/mol. The van der Waals surface area contributed by atoms with Crippen LogP contribution in [0.2, 0.25) is 0 Å². The third-order valence-corrected chi connectivity index (χ3v) is 7.37. The highest BCUT2D eigenvalue weighted by Crippen LogP contribution is 2.57. The molecule has 3 aliphatic heterocycles. The lowest BCUT2D eigenvalue weighted by Gasteiger charge is -2.39. The molecule has 3 heteroatoms. The van der Waals surface area contributed by atoms with E-state index < -0.39 is 0 Å². The summed E-state index contributed by atoms with van der Waals surface area (Å²) in [6.07, 6.45) is 10.3. The Morgan fingerprint density at radius 2 is 2.04 bits per heavy atom. The Bertz CT molecular complexity index is 565. The molecular formula is C20H30O3. The number of carbonyl (C=O) groups excluding carboxylic acids is 1. The van der Waals surface area contributed by atoms with Gasteiger partial charge in [-0.2, -0.15) is 0 Å². The predicted octanol–water partition coefficient (Wildman–Crippen LogP) is 4.40. The fraction of sp³-hybridized carbons (Fsp3) is 0.850. The predicted molar refractivity (Wildman–Crippen MR) is 88.9 cm³/mol. The van der Waals surface area contributed by atoms with Gasteiger partial charge in [0, 0.05) is 5.92 Å². The van der Waals surface area contributed by atoms with Gasteiger partial charge in [0.25, 0.3) is 0 Å². The molecule has 2 saturated heterocycles. The van der Waals surface area contributed by atoms with Crippen LogP contribution < -0.4 is 0 Å². The summed E-state index contributed by atoms with van der Waals surface area (Å²) in [6, 6.07) is 0. The van der Waals surface area contributed by atoms with Crippen LogP contribution in [-0.4, -0.2) is 23.3 Å². The van der Waals surface area contributed by atoms with Crippen LogP contribution in [0.15, 0.2) is 11.6 Å². The molecule has 23 heavy (non-hydrogen) atoms. The molecule has 3 heterocycles. The lowest BCUT2D eigenvalue weighted by molar-refractivity contribution is -0.151. The van der Waals surface area contributed by atoms with Gasteiger partial charge < -0.3 is 9.47 Å². The van der Waals surface area contributed by atoms with Crippen molar-refractivity contribution in [3.05, 3.63) is 11.6 Å². The van der Waals surface area contributed by atoms with Gasteiger partial charge in [-0.15, -0.1) is 0 Å². The van der Waals surface area contributed by atoms with E-state index in [0.29, 0.717) is 17.9 Å². The third kappa shape index (κ3) is 2.08. The normalized spacial score (nSPS) is 48.0. The molecule has 3 fully saturated rings. The van der Waals surface area contributed by atoms with Crippen LogP contribution in [0, 0.1) is 17.3 Å². The minimum atomic E-state index is -0.262. The summed E-state index contributed by atoms with van der Waals surface area (Å²) in [5.41, 5.74) is 0.973. The van der Waals surface area contributed by atoms with Crippen molar-refractivity contribution in [3.8, 4) is 0 Å². The van der Waals surface area contributed by atoms with E-state index in [1.165, 1.54) is 18.4 Å². The quantitative estimate of drug-likeness (QED) is 0.569. The van der Waals surface area contributed by atoms with E-state index in [4.69, 9.17) is 9.47 Å². The summed E-state index contributed by atoms with van der Waals surface area (Å²) in [4.78, 5) is 12.4. The number of rotatable bonds is 4. The van der Waals surface area contributed by atoms with E-state index in [2.05, 4.69) is 33.8 Å². The zero-order chi connectivity index (χ0) is 16.5. The molecule has 0 radical (unpaired) electrons. The molecule has 128 valence electrons. The van der Waals surface area contributed by atoms with Gasteiger partial charge in [-0.25, -0.2) is 0 Å². The summed E-state index contributed by atoms with van der Waals surface area (Å²) in [5, 5.41) is 0. The smallest absolute Gasteiger partial charge is 0.312 e. The fourth-order valence-electron chi connectivity index (χ4n) is 5.80. The first-order valence-electron chi connectivity index (χ1n) is 9.42. The maximum Gasteiger partial charge on any atom is 0.312 e. The Labute approximate surface area is 139 Å². The van der Waals surface area contributed by atoms with Gasteiger partial charge in [-0.05, 0) is 70.3 Å². The highest BCUT2D eigenvalue weighted by atomic mass is 16.6. The average Bonchev–Trinajstić information content (AvgIpc) is 3.08. The maximum atomic E-state index is 12.4. The van der Waals surface area contributed by atoms with Crippen LogP contribution >= 0.6 is 0 Å². The first-order valence-corrected chi connectivity index (χ1v) is 9.42. The van der Waals surface area contributed by atoms with Crippen molar-refractivity contribution in [2.45, 2.75) is 89.9 Å². The summed E-state index contributed by atoms with van der Waals surface area (Å²) in [5.74, 6) is 0.932. The van der Waals surface area contributed by atoms with Crippen molar-refractivity contribution in [2.75, 3.05) is 0 Å². The van der Waals surface area contributed by atoms with Gasteiger partial charge in [0.1, 0.15) is 5.60 Å². The highest BCUT2D eigenvalue weighted by molar-refractivity contribution is 5.80. The molecule has 0 aromatic heterocycles. The van der Waals surface area contributed by atoms with Crippen molar-refractivity contribution >= 4 is 5.97 Å². The van der Waals surface area contributed by atoms with Crippen molar-refractivity contribution in [1.29, 1.82) is 0 Å². The van der Waals surface area contributed by atoms with Crippen molar-refractivity contribution in [2.24, 2.45) is 17.3 Å². The van der Waals surface area contributed by atoms with Gasteiger partial charge in [-0.1, -0.05) is 19.9 Å². The van der Waals surface area contributed by atoms with E-state index in [1.54, 1.807) is 0 Å². The second-order valence-corrected chi connectivity index (χ2v) is 9.04. The van der Waals surface area contributed by atoms with E-state index in [9.17, 15) is 4.79 Å².